The molecule has 0 radical (unpaired) electrons. The molecule has 1 aliphatic rings. The molecule has 0 amide bonds. The second-order valence-electron chi connectivity index (χ2n) is 6.09. The first-order valence-electron chi connectivity index (χ1n) is 8.30. The summed E-state index contributed by atoms with van der Waals surface area (Å²) in [6.07, 6.45) is 7.04. The fourth-order valence-corrected chi connectivity index (χ4v) is 3.79. The monoisotopic (exact) mass is 309 g/mol. The molecule has 0 bridgehead atoms. The Morgan fingerprint density at radius 2 is 1.95 bits per heavy atom. The van der Waals surface area contributed by atoms with Gasteiger partial charge < -0.3 is 10.1 Å². The summed E-state index contributed by atoms with van der Waals surface area (Å²) in [6, 6.07) is 4.64. The molecule has 0 aliphatic carbocycles. The van der Waals surface area contributed by atoms with E-state index in [0.29, 0.717) is 6.04 Å². The molecule has 0 saturated carbocycles. The zero-order valence-electron chi connectivity index (χ0n) is 13.5. The van der Waals surface area contributed by atoms with E-state index >= 15 is 0 Å². The Kier molecular flexibility index (Phi) is 6.38. The van der Waals surface area contributed by atoms with Gasteiger partial charge in [-0.3, -0.25) is 0 Å². The Hall–Kier alpha value is -0.730. The van der Waals surface area contributed by atoms with E-state index in [9.17, 15) is 0 Å². The maximum absolute atomic E-state index is 6.28. The highest BCUT2D eigenvalue weighted by Crippen LogP contribution is 2.34. The Labute approximate surface area is 134 Å². The number of fused-ring (bicyclic) bond motifs is 1. The van der Waals surface area contributed by atoms with Gasteiger partial charge in [0, 0.05) is 17.5 Å². The molecule has 0 fully saturated rings. The molecule has 1 N–H and O–H groups in total. The number of halogens is 1. The molecule has 0 aromatic heterocycles. The van der Waals surface area contributed by atoms with E-state index in [1.165, 1.54) is 36.8 Å². The lowest BCUT2D eigenvalue weighted by Crippen LogP contribution is -2.35. The lowest BCUT2D eigenvalue weighted by Gasteiger charge is -2.27. The van der Waals surface area contributed by atoms with Crippen LogP contribution in [-0.4, -0.2) is 19.7 Å². The molecule has 1 aromatic carbocycles. The van der Waals surface area contributed by atoms with E-state index in [-0.39, 0.29) is 0 Å². The van der Waals surface area contributed by atoms with Crippen LogP contribution in [-0.2, 0) is 12.8 Å². The lowest BCUT2D eigenvalue weighted by molar-refractivity contribution is 0.315. The van der Waals surface area contributed by atoms with Crippen LogP contribution in [0.3, 0.4) is 0 Å². The first kappa shape index (κ1) is 16.6. The molecular formula is C18H28ClNO. The SMILES string of the molecule is CCCC(CCC)C(Cc1cc(Cl)cc2c1OCC2)NC. The van der Waals surface area contributed by atoms with Crippen molar-refractivity contribution in [2.75, 3.05) is 13.7 Å². The number of benzene rings is 1. The van der Waals surface area contributed by atoms with Gasteiger partial charge in [-0.05, 0) is 55.5 Å². The van der Waals surface area contributed by atoms with E-state index in [2.05, 4.69) is 38.3 Å². The van der Waals surface area contributed by atoms with Crippen LogP contribution in [0.15, 0.2) is 12.1 Å². The molecule has 0 saturated heterocycles. The van der Waals surface area contributed by atoms with E-state index < -0.39 is 0 Å². The topological polar surface area (TPSA) is 21.3 Å². The first-order chi connectivity index (χ1) is 10.2. The van der Waals surface area contributed by atoms with Crippen molar-refractivity contribution in [2.45, 2.75) is 58.4 Å². The van der Waals surface area contributed by atoms with Crippen LogP contribution in [0.2, 0.25) is 5.02 Å². The van der Waals surface area contributed by atoms with E-state index in [1.54, 1.807) is 0 Å². The number of rotatable bonds is 8. The molecule has 1 heterocycles. The summed E-state index contributed by atoms with van der Waals surface area (Å²) in [5.41, 5.74) is 2.54. The third kappa shape index (κ3) is 4.14. The molecule has 2 nitrogen and oxygen atoms in total. The third-order valence-corrected chi connectivity index (χ3v) is 4.74. The van der Waals surface area contributed by atoms with Crippen LogP contribution in [0.5, 0.6) is 5.75 Å². The number of ether oxygens (including phenoxy) is 1. The summed E-state index contributed by atoms with van der Waals surface area (Å²) in [5, 5.41) is 4.37. The molecule has 2 rings (SSSR count). The zero-order chi connectivity index (χ0) is 15.2. The number of likely N-dealkylation sites (N-methyl/N-ethyl adjacent to an activating group) is 1. The minimum atomic E-state index is 0.497. The summed E-state index contributed by atoms with van der Waals surface area (Å²) in [6.45, 7) is 5.34. The van der Waals surface area contributed by atoms with Crippen molar-refractivity contribution >= 4 is 11.6 Å². The van der Waals surface area contributed by atoms with Gasteiger partial charge in [-0.1, -0.05) is 38.3 Å². The highest BCUT2D eigenvalue weighted by Gasteiger charge is 2.23. The Morgan fingerprint density at radius 3 is 2.57 bits per heavy atom. The summed E-state index contributed by atoms with van der Waals surface area (Å²) < 4.78 is 5.84. The minimum absolute atomic E-state index is 0.497. The molecule has 21 heavy (non-hydrogen) atoms. The smallest absolute Gasteiger partial charge is 0.125 e. The summed E-state index contributed by atoms with van der Waals surface area (Å²) in [4.78, 5) is 0. The van der Waals surface area contributed by atoms with Gasteiger partial charge in [0.2, 0.25) is 0 Å². The van der Waals surface area contributed by atoms with Crippen molar-refractivity contribution < 1.29 is 4.74 Å². The number of hydrogen-bond acceptors (Lipinski definition) is 2. The minimum Gasteiger partial charge on any atom is -0.493 e. The van der Waals surface area contributed by atoms with Crippen molar-refractivity contribution in [3.05, 3.63) is 28.3 Å². The van der Waals surface area contributed by atoms with Crippen molar-refractivity contribution in [2.24, 2.45) is 5.92 Å². The van der Waals surface area contributed by atoms with Gasteiger partial charge in [-0.15, -0.1) is 0 Å². The second-order valence-corrected chi connectivity index (χ2v) is 6.52. The third-order valence-electron chi connectivity index (χ3n) is 4.52. The van der Waals surface area contributed by atoms with Crippen LogP contribution in [0.25, 0.3) is 0 Å². The van der Waals surface area contributed by atoms with Crippen molar-refractivity contribution in [3.8, 4) is 5.75 Å². The molecular weight excluding hydrogens is 282 g/mol. The van der Waals surface area contributed by atoms with Gasteiger partial charge in [0.25, 0.3) is 0 Å². The van der Waals surface area contributed by atoms with Crippen LogP contribution < -0.4 is 10.1 Å². The van der Waals surface area contributed by atoms with Gasteiger partial charge in [0.05, 0.1) is 6.61 Å². The Bertz CT molecular complexity index is 455. The number of hydrogen-bond donors (Lipinski definition) is 1. The Morgan fingerprint density at radius 1 is 1.24 bits per heavy atom. The van der Waals surface area contributed by atoms with Gasteiger partial charge in [-0.2, -0.15) is 0 Å². The maximum Gasteiger partial charge on any atom is 0.125 e. The summed E-state index contributed by atoms with van der Waals surface area (Å²) in [7, 11) is 2.08. The van der Waals surface area contributed by atoms with Gasteiger partial charge in [-0.25, -0.2) is 0 Å². The fraction of sp³-hybridized carbons (Fsp3) is 0.667. The van der Waals surface area contributed by atoms with Gasteiger partial charge in [0.1, 0.15) is 5.75 Å². The predicted molar refractivity (Wildman–Crippen MR) is 90.5 cm³/mol. The van der Waals surface area contributed by atoms with Crippen LogP contribution in [0, 0.1) is 5.92 Å². The van der Waals surface area contributed by atoms with Crippen molar-refractivity contribution in [1.82, 2.24) is 5.32 Å². The quantitative estimate of drug-likeness (QED) is 0.756. The maximum atomic E-state index is 6.28. The van der Waals surface area contributed by atoms with Gasteiger partial charge in [0.15, 0.2) is 0 Å². The Balaban J connectivity index is 2.18. The molecule has 1 aliphatic heterocycles. The summed E-state index contributed by atoms with van der Waals surface area (Å²) in [5.74, 6) is 1.81. The molecule has 0 spiro atoms. The second kappa shape index (κ2) is 8.05. The normalized spacial score (nSPS) is 15.1. The molecule has 1 aromatic rings. The highest BCUT2D eigenvalue weighted by atomic mass is 35.5. The van der Waals surface area contributed by atoms with Crippen molar-refractivity contribution in [1.29, 1.82) is 0 Å². The molecule has 1 unspecified atom stereocenters. The predicted octanol–water partition coefficient (Wildman–Crippen LogP) is 4.62. The zero-order valence-corrected chi connectivity index (χ0v) is 14.3. The summed E-state index contributed by atoms with van der Waals surface area (Å²) >= 11 is 6.28. The standard InChI is InChI=1S/C18H28ClNO/c1-4-6-13(7-5-2)17(20-3)12-15-11-16(19)10-14-8-9-21-18(14)15/h10-11,13,17,20H,4-9,12H2,1-3H3. The van der Waals surface area contributed by atoms with E-state index in [1.807, 2.05) is 0 Å². The molecule has 1 atom stereocenters. The fourth-order valence-electron chi connectivity index (χ4n) is 3.53. The van der Waals surface area contributed by atoms with Crippen LogP contribution >= 0.6 is 11.6 Å². The average molecular weight is 310 g/mol. The molecule has 118 valence electrons. The highest BCUT2D eigenvalue weighted by molar-refractivity contribution is 6.30. The van der Waals surface area contributed by atoms with E-state index in [4.69, 9.17) is 16.3 Å². The number of nitrogens with one attached hydrogen (secondary N) is 1. The van der Waals surface area contributed by atoms with Crippen LogP contribution in [0.4, 0.5) is 0 Å². The van der Waals surface area contributed by atoms with Gasteiger partial charge >= 0.3 is 0 Å². The lowest BCUT2D eigenvalue weighted by atomic mass is 9.86. The van der Waals surface area contributed by atoms with E-state index in [0.717, 1.165) is 36.1 Å². The molecule has 3 heteroatoms. The largest absolute Gasteiger partial charge is 0.493 e. The van der Waals surface area contributed by atoms with Crippen LogP contribution in [0.1, 0.15) is 50.7 Å². The average Bonchev–Trinajstić information content (AvgIpc) is 2.92. The first-order valence-corrected chi connectivity index (χ1v) is 8.68. The van der Waals surface area contributed by atoms with Crippen molar-refractivity contribution in [3.63, 3.8) is 0 Å².